The zero-order valence-electron chi connectivity index (χ0n) is 12.1. The first-order valence-corrected chi connectivity index (χ1v) is 7.00. The lowest BCUT2D eigenvalue weighted by Crippen LogP contribution is -2.26. The van der Waals surface area contributed by atoms with Crippen molar-refractivity contribution in [1.29, 1.82) is 0 Å². The Kier molecular flexibility index (Phi) is 3.10. The molecule has 0 spiro atoms. The molecule has 0 amide bonds. The number of benzene rings is 1. The van der Waals surface area contributed by atoms with Gasteiger partial charge in [-0.2, -0.15) is 0 Å². The number of rotatable bonds is 2. The van der Waals surface area contributed by atoms with Crippen molar-refractivity contribution in [2.24, 2.45) is 5.41 Å². The quantitative estimate of drug-likeness (QED) is 0.679. The molecule has 1 aromatic heterocycles. The standard InChI is InChI=1S/C16H18N2O3/c1-16(2)9-14-13(15(19)10-16)6-7-17(14)11-4-3-5-12(8-11)18(20)21/h3-8,15,19H,9-10H2,1-2H3. The van der Waals surface area contributed by atoms with Crippen LogP contribution in [0.2, 0.25) is 0 Å². The molecule has 2 aromatic rings. The molecule has 1 aliphatic carbocycles. The number of nitro benzene ring substituents is 1. The van der Waals surface area contributed by atoms with E-state index in [-0.39, 0.29) is 11.1 Å². The van der Waals surface area contributed by atoms with Crippen LogP contribution in [0.4, 0.5) is 5.69 Å². The Morgan fingerprint density at radius 2 is 2.14 bits per heavy atom. The molecule has 0 saturated heterocycles. The average Bonchev–Trinajstić information content (AvgIpc) is 2.81. The maximum absolute atomic E-state index is 10.9. The lowest BCUT2D eigenvalue weighted by atomic mass is 9.75. The minimum atomic E-state index is -0.469. The van der Waals surface area contributed by atoms with Gasteiger partial charge in [-0.3, -0.25) is 10.1 Å². The van der Waals surface area contributed by atoms with Gasteiger partial charge in [0.25, 0.3) is 5.69 Å². The fourth-order valence-electron chi connectivity index (χ4n) is 3.13. The van der Waals surface area contributed by atoms with Crippen LogP contribution < -0.4 is 0 Å². The number of fused-ring (bicyclic) bond motifs is 1. The third-order valence-corrected chi connectivity index (χ3v) is 4.10. The van der Waals surface area contributed by atoms with Crippen LogP contribution in [0.3, 0.4) is 0 Å². The molecule has 1 aliphatic rings. The van der Waals surface area contributed by atoms with E-state index in [1.165, 1.54) is 6.07 Å². The second-order valence-corrected chi connectivity index (χ2v) is 6.43. The van der Waals surface area contributed by atoms with Crippen LogP contribution >= 0.6 is 0 Å². The van der Waals surface area contributed by atoms with Crippen molar-refractivity contribution >= 4 is 5.69 Å². The Balaban J connectivity index is 2.09. The van der Waals surface area contributed by atoms with Crippen molar-refractivity contribution in [3.8, 4) is 5.69 Å². The zero-order chi connectivity index (χ0) is 15.2. The van der Waals surface area contributed by atoms with Gasteiger partial charge < -0.3 is 9.67 Å². The normalized spacial score (nSPS) is 20.0. The number of hydrogen-bond acceptors (Lipinski definition) is 3. The Morgan fingerprint density at radius 1 is 1.38 bits per heavy atom. The van der Waals surface area contributed by atoms with Gasteiger partial charge in [0, 0.05) is 29.6 Å². The van der Waals surface area contributed by atoms with Crippen LogP contribution in [0.15, 0.2) is 36.5 Å². The van der Waals surface area contributed by atoms with Gasteiger partial charge in [-0.1, -0.05) is 19.9 Å². The number of aliphatic hydroxyl groups is 1. The van der Waals surface area contributed by atoms with Gasteiger partial charge in [0.05, 0.1) is 16.7 Å². The van der Waals surface area contributed by atoms with E-state index in [1.807, 2.05) is 22.9 Å². The predicted molar refractivity (Wildman–Crippen MR) is 79.5 cm³/mol. The van der Waals surface area contributed by atoms with Crippen LogP contribution in [-0.4, -0.2) is 14.6 Å². The minimum absolute atomic E-state index is 0.0171. The van der Waals surface area contributed by atoms with Crippen LogP contribution in [0, 0.1) is 15.5 Å². The van der Waals surface area contributed by atoms with Gasteiger partial charge in [0.2, 0.25) is 0 Å². The third-order valence-electron chi connectivity index (χ3n) is 4.10. The molecule has 1 aromatic carbocycles. The smallest absolute Gasteiger partial charge is 0.271 e. The fraction of sp³-hybridized carbons (Fsp3) is 0.375. The van der Waals surface area contributed by atoms with E-state index in [9.17, 15) is 15.2 Å². The van der Waals surface area contributed by atoms with Gasteiger partial charge in [-0.25, -0.2) is 0 Å². The van der Waals surface area contributed by atoms with Crippen molar-refractivity contribution in [3.05, 3.63) is 57.9 Å². The summed E-state index contributed by atoms with van der Waals surface area (Å²) in [5.41, 5.74) is 2.82. The van der Waals surface area contributed by atoms with Crippen LogP contribution in [0.5, 0.6) is 0 Å². The fourth-order valence-corrected chi connectivity index (χ4v) is 3.13. The molecule has 1 N–H and O–H groups in total. The highest BCUT2D eigenvalue weighted by Crippen LogP contribution is 2.41. The molecular formula is C16H18N2O3. The molecule has 0 bridgehead atoms. The molecule has 1 heterocycles. The van der Waals surface area contributed by atoms with E-state index in [0.29, 0.717) is 0 Å². The Bertz CT molecular complexity index is 703. The lowest BCUT2D eigenvalue weighted by molar-refractivity contribution is -0.384. The lowest BCUT2D eigenvalue weighted by Gasteiger charge is -2.33. The highest BCUT2D eigenvalue weighted by Gasteiger charge is 2.33. The van der Waals surface area contributed by atoms with E-state index >= 15 is 0 Å². The molecule has 0 radical (unpaired) electrons. The van der Waals surface area contributed by atoms with Crippen LogP contribution in [-0.2, 0) is 6.42 Å². The van der Waals surface area contributed by atoms with E-state index in [1.54, 1.807) is 12.1 Å². The van der Waals surface area contributed by atoms with E-state index in [2.05, 4.69) is 13.8 Å². The first kappa shape index (κ1) is 13.8. The highest BCUT2D eigenvalue weighted by atomic mass is 16.6. The maximum atomic E-state index is 10.9. The Hall–Kier alpha value is -2.14. The summed E-state index contributed by atoms with van der Waals surface area (Å²) in [6.45, 7) is 4.26. The maximum Gasteiger partial charge on any atom is 0.271 e. The molecular weight excluding hydrogens is 268 g/mol. The molecule has 5 heteroatoms. The first-order chi connectivity index (χ1) is 9.87. The molecule has 21 heavy (non-hydrogen) atoms. The number of nitrogens with zero attached hydrogens (tertiary/aromatic N) is 2. The van der Waals surface area contributed by atoms with E-state index in [4.69, 9.17) is 0 Å². The first-order valence-electron chi connectivity index (χ1n) is 7.00. The van der Waals surface area contributed by atoms with Crippen molar-refractivity contribution in [2.75, 3.05) is 0 Å². The summed E-state index contributed by atoms with van der Waals surface area (Å²) >= 11 is 0. The molecule has 110 valence electrons. The van der Waals surface area contributed by atoms with Crippen molar-refractivity contribution < 1.29 is 10.0 Å². The van der Waals surface area contributed by atoms with Crippen molar-refractivity contribution in [1.82, 2.24) is 4.57 Å². The van der Waals surface area contributed by atoms with Gasteiger partial charge in [0.15, 0.2) is 0 Å². The number of hydrogen-bond donors (Lipinski definition) is 1. The molecule has 0 saturated carbocycles. The summed E-state index contributed by atoms with van der Waals surface area (Å²) in [5.74, 6) is 0. The monoisotopic (exact) mass is 286 g/mol. The molecule has 0 fully saturated rings. The number of nitro groups is 1. The number of non-ortho nitro benzene ring substituents is 1. The summed E-state index contributed by atoms with van der Waals surface area (Å²) in [5, 5.41) is 21.2. The van der Waals surface area contributed by atoms with Gasteiger partial charge >= 0.3 is 0 Å². The average molecular weight is 286 g/mol. The summed E-state index contributed by atoms with van der Waals surface area (Å²) < 4.78 is 1.95. The summed E-state index contributed by atoms with van der Waals surface area (Å²) in [6, 6.07) is 8.49. The molecule has 5 nitrogen and oxygen atoms in total. The number of aromatic nitrogens is 1. The molecule has 3 rings (SSSR count). The zero-order valence-corrected chi connectivity index (χ0v) is 12.1. The van der Waals surface area contributed by atoms with Gasteiger partial charge in [0.1, 0.15) is 0 Å². The van der Waals surface area contributed by atoms with Crippen molar-refractivity contribution in [3.63, 3.8) is 0 Å². The molecule has 1 atom stereocenters. The van der Waals surface area contributed by atoms with Gasteiger partial charge in [-0.05, 0) is 30.4 Å². The summed E-state index contributed by atoms with van der Waals surface area (Å²) in [4.78, 5) is 10.5. The van der Waals surface area contributed by atoms with E-state index in [0.717, 1.165) is 29.8 Å². The summed E-state index contributed by atoms with van der Waals surface area (Å²) in [7, 11) is 0. The highest BCUT2D eigenvalue weighted by molar-refractivity contribution is 5.46. The Morgan fingerprint density at radius 3 is 2.86 bits per heavy atom. The number of aliphatic hydroxyl groups excluding tert-OH is 1. The topological polar surface area (TPSA) is 68.3 Å². The Labute approximate surface area is 123 Å². The second-order valence-electron chi connectivity index (χ2n) is 6.43. The van der Waals surface area contributed by atoms with Crippen LogP contribution in [0.25, 0.3) is 5.69 Å². The van der Waals surface area contributed by atoms with E-state index < -0.39 is 11.0 Å². The SMILES string of the molecule is CC1(C)Cc2c(ccn2-c2cccc([N+](=O)[O-])c2)C(O)C1. The third kappa shape index (κ3) is 2.45. The van der Waals surface area contributed by atoms with Gasteiger partial charge in [-0.15, -0.1) is 0 Å². The van der Waals surface area contributed by atoms with Crippen LogP contribution in [0.1, 0.15) is 37.6 Å². The molecule has 1 unspecified atom stereocenters. The molecule has 0 aliphatic heterocycles. The largest absolute Gasteiger partial charge is 0.388 e. The minimum Gasteiger partial charge on any atom is -0.388 e. The second kappa shape index (κ2) is 4.70. The summed E-state index contributed by atoms with van der Waals surface area (Å²) in [6.07, 6.45) is 2.99. The van der Waals surface area contributed by atoms with Crippen molar-refractivity contribution in [2.45, 2.75) is 32.8 Å². The predicted octanol–water partition coefficient (Wildman–Crippen LogP) is 3.39.